The minimum absolute atomic E-state index is 0.176. The standard InChI is InChI=1S/C13H28N2/c1-11(2)9-15-13(10-14)8-6-5-7-12(13,3)4/h11,15H,5-10,14H2,1-4H3. The van der Waals surface area contributed by atoms with E-state index in [1.807, 2.05) is 0 Å². The molecule has 1 fully saturated rings. The molecule has 0 radical (unpaired) electrons. The van der Waals surface area contributed by atoms with Crippen LogP contribution >= 0.6 is 0 Å². The van der Waals surface area contributed by atoms with Gasteiger partial charge in [0.15, 0.2) is 0 Å². The zero-order valence-electron chi connectivity index (χ0n) is 10.9. The van der Waals surface area contributed by atoms with Crippen LogP contribution in [-0.4, -0.2) is 18.6 Å². The van der Waals surface area contributed by atoms with Gasteiger partial charge in [-0.1, -0.05) is 40.5 Å². The van der Waals surface area contributed by atoms with Gasteiger partial charge in [-0.15, -0.1) is 0 Å². The van der Waals surface area contributed by atoms with Crippen molar-refractivity contribution in [2.24, 2.45) is 17.1 Å². The monoisotopic (exact) mass is 212 g/mol. The molecule has 2 heteroatoms. The second-order valence-electron chi connectivity index (χ2n) is 6.15. The van der Waals surface area contributed by atoms with Crippen LogP contribution in [0.1, 0.15) is 53.4 Å². The van der Waals surface area contributed by atoms with Crippen molar-refractivity contribution >= 4 is 0 Å². The molecule has 0 heterocycles. The van der Waals surface area contributed by atoms with E-state index in [9.17, 15) is 0 Å². The average molecular weight is 212 g/mol. The maximum Gasteiger partial charge on any atom is 0.0355 e. The Morgan fingerprint density at radius 2 is 1.80 bits per heavy atom. The smallest absolute Gasteiger partial charge is 0.0355 e. The van der Waals surface area contributed by atoms with E-state index < -0.39 is 0 Å². The van der Waals surface area contributed by atoms with Crippen LogP contribution in [0, 0.1) is 11.3 Å². The van der Waals surface area contributed by atoms with Gasteiger partial charge in [0.2, 0.25) is 0 Å². The van der Waals surface area contributed by atoms with Crippen molar-refractivity contribution in [2.45, 2.75) is 58.9 Å². The summed E-state index contributed by atoms with van der Waals surface area (Å²) in [6.07, 6.45) is 5.22. The maximum absolute atomic E-state index is 6.04. The molecular weight excluding hydrogens is 184 g/mol. The lowest BCUT2D eigenvalue weighted by Gasteiger charge is -2.51. The third-order valence-corrected chi connectivity index (χ3v) is 4.15. The van der Waals surface area contributed by atoms with Crippen molar-refractivity contribution in [1.29, 1.82) is 0 Å². The summed E-state index contributed by atoms with van der Waals surface area (Å²) in [6.45, 7) is 11.1. The molecule has 1 atom stereocenters. The molecule has 2 nitrogen and oxygen atoms in total. The van der Waals surface area contributed by atoms with Crippen LogP contribution in [-0.2, 0) is 0 Å². The number of nitrogens with two attached hydrogens (primary N) is 1. The van der Waals surface area contributed by atoms with Crippen LogP contribution in [0.4, 0.5) is 0 Å². The number of hydrogen-bond donors (Lipinski definition) is 2. The number of nitrogens with one attached hydrogen (secondary N) is 1. The molecule has 0 spiro atoms. The van der Waals surface area contributed by atoms with Crippen LogP contribution in [0.5, 0.6) is 0 Å². The molecule has 0 aromatic rings. The highest BCUT2D eigenvalue weighted by Gasteiger charge is 2.44. The molecule has 3 N–H and O–H groups in total. The van der Waals surface area contributed by atoms with E-state index in [-0.39, 0.29) is 5.54 Å². The van der Waals surface area contributed by atoms with E-state index in [1.54, 1.807) is 0 Å². The van der Waals surface area contributed by atoms with Crippen LogP contribution in [0.2, 0.25) is 0 Å². The molecule has 0 bridgehead atoms. The normalized spacial score (nSPS) is 30.8. The predicted octanol–water partition coefficient (Wildman–Crippen LogP) is 2.53. The summed E-state index contributed by atoms with van der Waals surface area (Å²) in [7, 11) is 0. The van der Waals surface area contributed by atoms with Crippen molar-refractivity contribution in [3.05, 3.63) is 0 Å². The molecule has 1 rings (SSSR count). The Bertz CT molecular complexity index is 199. The summed E-state index contributed by atoms with van der Waals surface area (Å²) >= 11 is 0. The van der Waals surface area contributed by atoms with Gasteiger partial charge < -0.3 is 11.1 Å². The molecule has 90 valence electrons. The first kappa shape index (κ1) is 13.0. The molecule has 1 aliphatic rings. The van der Waals surface area contributed by atoms with Gasteiger partial charge in [0.05, 0.1) is 0 Å². The Hall–Kier alpha value is -0.0800. The molecule has 0 saturated heterocycles. The summed E-state index contributed by atoms with van der Waals surface area (Å²) in [5, 5.41) is 3.75. The van der Waals surface area contributed by atoms with Crippen LogP contribution in [0.15, 0.2) is 0 Å². The molecule has 0 aromatic heterocycles. The highest BCUT2D eigenvalue weighted by Crippen LogP contribution is 2.43. The quantitative estimate of drug-likeness (QED) is 0.751. The maximum atomic E-state index is 6.04. The zero-order valence-corrected chi connectivity index (χ0v) is 10.9. The van der Waals surface area contributed by atoms with Gasteiger partial charge >= 0.3 is 0 Å². The van der Waals surface area contributed by atoms with Gasteiger partial charge in [0, 0.05) is 12.1 Å². The lowest BCUT2D eigenvalue weighted by Crippen LogP contribution is -2.62. The number of hydrogen-bond acceptors (Lipinski definition) is 2. The van der Waals surface area contributed by atoms with Crippen molar-refractivity contribution in [3.63, 3.8) is 0 Å². The second kappa shape index (κ2) is 4.84. The SMILES string of the molecule is CC(C)CNC1(CN)CCCCC1(C)C. The highest BCUT2D eigenvalue weighted by atomic mass is 15.0. The fourth-order valence-corrected chi connectivity index (χ4v) is 2.75. The summed E-state index contributed by atoms with van der Waals surface area (Å²) in [5.41, 5.74) is 6.56. The van der Waals surface area contributed by atoms with Gasteiger partial charge in [0.1, 0.15) is 0 Å². The Morgan fingerprint density at radius 3 is 2.27 bits per heavy atom. The van der Waals surface area contributed by atoms with E-state index in [0.717, 1.165) is 13.1 Å². The Balaban J connectivity index is 2.71. The highest BCUT2D eigenvalue weighted by molar-refractivity contribution is 5.03. The minimum Gasteiger partial charge on any atom is -0.329 e. The summed E-state index contributed by atoms with van der Waals surface area (Å²) < 4.78 is 0. The lowest BCUT2D eigenvalue weighted by atomic mass is 9.63. The largest absolute Gasteiger partial charge is 0.329 e. The van der Waals surface area contributed by atoms with Crippen molar-refractivity contribution in [3.8, 4) is 0 Å². The summed E-state index contributed by atoms with van der Waals surface area (Å²) in [5.74, 6) is 0.700. The Morgan fingerprint density at radius 1 is 1.20 bits per heavy atom. The fourth-order valence-electron chi connectivity index (χ4n) is 2.75. The molecule has 1 unspecified atom stereocenters. The minimum atomic E-state index is 0.176. The molecule has 0 amide bonds. The van der Waals surface area contributed by atoms with E-state index >= 15 is 0 Å². The fraction of sp³-hybridized carbons (Fsp3) is 1.00. The van der Waals surface area contributed by atoms with E-state index in [4.69, 9.17) is 5.73 Å². The van der Waals surface area contributed by atoms with Gasteiger partial charge in [-0.25, -0.2) is 0 Å². The summed E-state index contributed by atoms with van der Waals surface area (Å²) in [6, 6.07) is 0. The van der Waals surface area contributed by atoms with Gasteiger partial charge in [0.25, 0.3) is 0 Å². The van der Waals surface area contributed by atoms with E-state index in [1.165, 1.54) is 25.7 Å². The van der Waals surface area contributed by atoms with Crippen molar-refractivity contribution < 1.29 is 0 Å². The Labute approximate surface area is 95.0 Å². The van der Waals surface area contributed by atoms with Gasteiger partial charge in [-0.2, -0.15) is 0 Å². The first-order valence-corrected chi connectivity index (χ1v) is 6.39. The van der Waals surface area contributed by atoms with Crippen molar-refractivity contribution in [2.75, 3.05) is 13.1 Å². The average Bonchev–Trinajstić information content (AvgIpc) is 2.16. The number of rotatable bonds is 4. The molecular formula is C13H28N2. The van der Waals surface area contributed by atoms with Crippen LogP contribution in [0.25, 0.3) is 0 Å². The van der Waals surface area contributed by atoms with Crippen LogP contribution in [0.3, 0.4) is 0 Å². The van der Waals surface area contributed by atoms with E-state index in [0.29, 0.717) is 11.3 Å². The first-order valence-electron chi connectivity index (χ1n) is 6.39. The molecule has 15 heavy (non-hydrogen) atoms. The topological polar surface area (TPSA) is 38.0 Å². The van der Waals surface area contributed by atoms with Crippen molar-refractivity contribution in [1.82, 2.24) is 5.32 Å². The van der Waals surface area contributed by atoms with Gasteiger partial charge in [-0.05, 0) is 30.7 Å². The second-order valence-corrected chi connectivity index (χ2v) is 6.15. The molecule has 0 aromatic carbocycles. The first-order chi connectivity index (χ1) is 6.93. The Kier molecular flexibility index (Phi) is 4.19. The zero-order chi connectivity index (χ0) is 11.5. The lowest BCUT2D eigenvalue weighted by molar-refractivity contribution is 0.0663. The molecule has 0 aliphatic heterocycles. The van der Waals surface area contributed by atoms with Crippen LogP contribution < -0.4 is 11.1 Å². The van der Waals surface area contributed by atoms with E-state index in [2.05, 4.69) is 33.0 Å². The third-order valence-electron chi connectivity index (χ3n) is 4.15. The third kappa shape index (κ3) is 2.73. The van der Waals surface area contributed by atoms with Gasteiger partial charge in [-0.3, -0.25) is 0 Å². The summed E-state index contributed by atoms with van der Waals surface area (Å²) in [4.78, 5) is 0. The molecule has 1 aliphatic carbocycles. The predicted molar refractivity (Wildman–Crippen MR) is 66.9 cm³/mol. The molecule has 1 saturated carbocycles.